The molecule has 0 heterocycles. The molecule has 1 aliphatic carbocycles. The fraction of sp³-hybridized carbons (Fsp3) is 0.846. The van der Waals surface area contributed by atoms with Crippen LogP contribution in [0.3, 0.4) is 0 Å². The van der Waals surface area contributed by atoms with Crippen molar-refractivity contribution in [3.8, 4) is 0 Å². The van der Waals surface area contributed by atoms with Gasteiger partial charge in [-0.05, 0) is 19.3 Å². The number of hydrogen-bond donors (Lipinski definition) is 2. The van der Waals surface area contributed by atoms with Crippen molar-refractivity contribution in [3.05, 3.63) is 0 Å². The molecule has 0 aromatic heterocycles. The third-order valence-corrected chi connectivity index (χ3v) is 3.40. The predicted octanol–water partition coefficient (Wildman–Crippen LogP) is 1.82. The van der Waals surface area contributed by atoms with Crippen LogP contribution in [0.25, 0.3) is 0 Å². The second kappa shape index (κ2) is 7.95. The Morgan fingerprint density at radius 1 is 1.28 bits per heavy atom. The van der Waals surface area contributed by atoms with Gasteiger partial charge in [-0.25, -0.2) is 4.79 Å². The van der Waals surface area contributed by atoms with Crippen LogP contribution in [0, 0.1) is 5.92 Å². The molecule has 104 valence electrons. The van der Waals surface area contributed by atoms with Crippen LogP contribution >= 0.6 is 0 Å². The van der Waals surface area contributed by atoms with Gasteiger partial charge in [-0.15, -0.1) is 0 Å². The molecule has 2 amide bonds. The van der Waals surface area contributed by atoms with E-state index in [1.807, 2.05) is 0 Å². The van der Waals surface area contributed by atoms with Gasteiger partial charge in [0.1, 0.15) is 0 Å². The van der Waals surface area contributed by atoms with Crippen LogP contribution in [-0.4, -0.2) is 31.7 Å². The van der Waals surface area contributed by atoms with Gasteiger partial charge in [0.2, 0.25) is 0 Å². The molecule has 0 aliphatic heterocycles. The highest BCUT2D eigenvalue weighted by Crippen LogP contribution is 2.26. The number of ether oxygens (including phenoxy) is 1. The first-order chi connectivity index (χ1) is 8.69. The largest absolute Gasteiger partial charge is 0.469 e. The lowest BCUT2D eigenvalue weighted by Gasteiger charge is -2.19. The zero-order chi connectivity index (χ0) is 13.4. The van der Waals surface area contributed by atoms with Crippen molar-refractivity contribution in [1.82, 2.24) is 10.6 Å². The Kier molecular flexibility index (Phi) is 6.54. The van der Waals surface area contributed by atoms with Crippen LogP contribution in [0.1, 0.15) is 45.4 Å². The second-order valence-electron chi connectivity index (χ2n) is 4.77. The van der Waals surface area contributed by atoms with Gasteiger partial charge in [-0.2, -0.15) is 0 Å². The third-order valence-electron chi connectivity index (χ3n) is 3.40. The van der Waals surface area contributed by atoms with Crippen molar-refractivity contribution in [3.63, 3.8) is 0 Å². The van der Waals surface area contributed by atoms with Crippen molar-refractivity contribution in [2.24, 2.45) is 5.92 Å². The molecule has 5 nitrogen and oxygen atoms in total. The second-order valence-corrected chi connectivity index (χ2v) is 4.77. The number of carbonyl (C=O) groups is 2. The molecule has 0 spiro atoms. The van der Waals surface area contributed by atoms with Crippen LogP contribution in [0.4, 0.5) is 4.79 Å². The fourth-order valence-corrected chi connectivity index (χ4v) is 2.36. The van der Waals surface area contributed by atoms with E-state index in [1.165, 1.54) is 7.11 Å². The number of hydrogen-bond acceptors (Lipinski definition) is 3. The van der Waals surface area contributed by atoms with E-state index in [2.05, 4.69) is 17.6 Å². The summed E-state index contributed by atoms with van der Waals surface area (Å²) in [5, 5.41) is 5.69. The Morgan fingerprint density at radius 2 is 2.06 bits per heavy atom. The summed E-state index contributed by atoms with van der Waals surface area (Å²) in [6.07, 6.45) is 5.86. The molecule has 2 N–H and O–H groups in total. The number of methoxy groups -OCH3 is 1. The van der Waals surface area contributed by atoms with E-state index in [4.69, 9.17) is 4.74 Å². The number of carbonyl (C=O) groups excluding carboxylic acids is 2. The molecule has 0 radical (unpaired) electrons. The molecule has 5 heteroatoms. The van der Waals surface area contributed by atoms with Crippen molar-refractivity contribution < 1.29 is 14.3 Å². The minimum Gasteiger partial charge on any atom is -0.469 e. The van der Waals surface area contributed by atoms with E-state index in [-0.39, 0.29) is 24.0 Å². The topological polar surface area (TPSA) is 67.4 Å². The maximum absolute atomic E-state index is 11.6. The quantitative estimate of drug-likeness (QED) is 0.562. The molecule has 1 rings (SSSR count). The van der Waals surface area contributed by atoms with Crippen LogP contribution in [-0.2, 0) is 9.53 Å². The van der Waals surface area contributed by atoms with Crippen LogP contribution < -0.4 is 10.6 Å². The monoisotopic (exact) mass is 256 g/mol. The van der Waals surface area contributed by atoms with E-state index in [9.17, 15) is 9.59 Å². The zero-order valence-electron chi connectivity index (χ0n) is 11.3. The van der Waals surface area contributed by atoms with Gasteiger partial charge in [0.15, 0.2) is 0 Å². The van der Waals surface area contributed by atoms with Crippen molar-refractivity contribution in [2.45, 2.75) is 51.5 Å². The average molecular weight is 256 g/mol. The van der Waals surface area contributed by atoms with E-state index in [0.717, 1.165) is 38.5 Å². The molecular formula is C13H24N2O3. The van der Waals surface area contributed by atoms with E-state index in [0.29, 0.717) is 6.54 Å². The smallest absolute Gasteiger partial charge is 0.315 e. The van der Waals surface area contributed by atoms with Gasteiger partial charge in [-0.1, -0.05) is 26.2 Å². The Hall–Kier alpha value is -1.26. The molecule has 0 unspecified atom stereocenters. The molecule has 1 saturated carbocycles. The maximum Gasteiger partial charge on any atom is 0.315 e. The Morgan fingerprint density at radius 3 is 2.72 bits per heavy atom. The van der Waals surface area contributed by atoms with Gasteiger partial charge in [0, 0.05) is 12.6 Å². The average Bonchev–Trinajstić information content (AvgIpc) is 2.82. The van der Waals surface area contributed by atoms with Crippen molar-refractivity contribution >= 4 is 12.0 Å². The van der Waals surface area contributed by atoms with Gasteiger partial charge in [0.25, 0.3) is 0 Å². The molecular weight excluding hydrogens is 232 g/mol. The zero-order valence-corrected chi connectivity index (χ0v) is 11.3. The molecule has 18 heavy (non-hydrogen) atoms. The minimum absolute atomic E-state index is 0.0800. The highest BCUT2D eigenvalue weighted by Gasteiger charge is 2.34. The standard InChI is InChI=1S/C13H24N2O3/c1-3-4-5-9-14-13(17)15-11-8-6-7-10(11)12(16)18-2/h10-11H,3-9H2,1-2H3,(H2,14,15,17)/t10-,11-/m0/s1. The number of esters is 1. The first-order valence-corrected chi connectivity index (χ1v) is 6.81. The normalized spacial score (nSPS) is 22.6. The Bertz CT molecular complexity index is 281. The predicted molar refractivity (Wildman–Crippen MR) is 69.2 cm³/mol. The Labute approximate surface area is 109 Å². The van der Waals surface area contributed by atoms with Gasteiger partial charge in [-0.3, -0.25) is 4.79 Å². The molecule has 1 aliphatic rings. The molecule has 0 saturated heterocycles. The lowest BCUT2D eigenvalue weighted by Crippen LogP contribution is -2.45. The fourth-order valence-electron chi connectivity index (χ4n) is 2.36. The van der Waals surface area contributed by atoms with E-state index >= 15 is 0 Å². The number of urea groups is 1. The summed E-state index contributed by atoms with van der Waals surface area (Å²) in [4.78, 5) is 23.2. The third kappa shape index (κ3) is 4.55. The number of amides is 2. The molecule has 0 aromatic carbocycles. The molecule has 2 atom stereocenters. The summed E-state index contributed by atoms with van der Waals surface area (Å²) in [6.45, 7) is 2.81. The highest BCUT2D eigenvalue weighted by molar-refractivity contribution is 5.77. The number of unbranched alkanes of at least 4 members (excludes halogenated alkanes) is 2. The van der Waals surface area contributed by atoms with E-state index < -0.39 is 0 Å². The molecule has 0 aromatic rings. The maximum atomic E-state index is 11.6. The summed E-state index contributed by atoms with van der Waals surface area (Å²) in [7, 11) is 1.39. The summed E-state index contributed by atoms with van der Waals surface area (Å²) in [5.41, 5.74) is 0. The van der Waals surface area contributed by atoms with Crippen LogP contribution in [0.15, 0.2) is 0 Å². The van der Waals surface area contributed by atoms with E-state index in [1.54, 1.807) is 0 Å². The Balaban J connectivity index is 2.27. The summed E-state index contributed by atoms with van der Waals surface area (Å²) in [5.74, 6) is -0.403. The van der Waals surface area contributed by atoms with Crippen molar-refractivity contribution in [1.29, 1.82) is 0 Å². The SMILES string of the molecule is CCCCCNC(=O)N[C@H]1CCC[C@@H]1C(=O)OC. The lowest BCUT2D eigenvalue weighted by molar-refractivity contribution is -0.145. The summed E-state index contributed by atoms with van der Waals surface area (Å²) >= 11 is 0. The molecule has 0 bridgehead atoms. The molecule has 1 fully saturated rings. The summed E-state index contributed by atoms with van der Waals surface area (Å²) in [6, 6.07) is -0.254. The minimum atomic E-state index is -0.219. The number of nitrogens with one attached hydrogen (secondary N) is 2. The van der Waals surface area contributed by atoms with Gasteiger partial charge in [0.05, 0.1) is 13.0 Å². The van der Waals surface area contributed by atoms with Crippen LogP contribution in [0.2, 0.25) is 0 Å². The summed E-state index contributed by atoms with van der Waals surface area (Å²) < 4.78 is 4.75. The van der Waals surface area contributed by atoms with Crippen molar-refractivity contribution in [2.75, 3.05) is 13.7 Å². The van der Waals surface area contributed by atoms with Crippen LogP contribution in [0.5, 0.6) is 0 Å². The van der Waals surface area contributed by atoms with Gasteiger partial charge < -0.3 is 15.4 Å². The first kappa shape index (κ1) is 14.8. The lowest BCUT2D eigenvalue weighted by atomic mass is 10.0. The first-order valence-electron chi connectivity index (χ1n) is 6.81. The van der Waals surface area contributed by atoms with Gasteiger partial charge >= 0.3 is 12.0 Å². The highest BCUT2D eigenvalue weighted by atomic mass is 16.5. The number of rotatable bonds is 6.